The van der Waals surface area contributed by atoms with Crippen LogP contribution < -0.4 is 5.32 Å². The number of nitrogens with one attached hydrogen (secondary N) is 1. The largest absolute Gasteiger partial charge is 0.392 e. The highest BCUT2D eigenvalue weighted by molar-refractivity contribution is 5.46. The molecule has 2 nitrogen and oxygen atoms in total. The molecule has 0 amide bonds. The van der Waals surface area contributed by atoms with E-state index in [1.54, 1.807) is 12.1 Å². The molecule has 0 heterocycles. The standard InChI is InChI=1S/C17H18FNO/c18-15-3-1-2-13(8-15)14-9-17(10-14)19-16-6-4-12(11-20)5-7-16/h1-8,14,17,19-20H,9-11H2. The van der Waals surface area contributed by atoms with Crippen LogP contribution in [0.4, 0.5) is 10.1 Å². The Balaban J connectivity index is 1.55. The van der Waals surface area contributed by atoms with Gasteiger partial charge in [0.15, 0.2) is 0 Å². The molecule has 0 aromatic heterocycles. The van der Waals surface area contributed by atoms with E-state index in [4.69, 9.17) is 5.11 Å². The Morgan fingerprint density at radius 3 is 2.50 bits per heavy atom. The Bertz CT molecular complexity index is 576. The van der Waals surface area contributed by atoms with Crippen LogP contribution in [0.3, 0.4) is 0 Å². The van der Waals surface area contributed by atoms with Crippen molar-refractivity contribution in [1.82, 2.24) is 0 Å². The summed E-state index contributed by atoms with van der Waals surface area (Å²) in [7, 11) is 0. The first kappa shape index (κ1) is 13.1. The molecule has 0 aliphatic heterocycles. The third kappa shape index (κ3) is 2.83. The van der Waals surface area contributed by atoms with Crippen LogP contribution in [0, 0.1) is 5.82 Å². The quantitative estimate of drug-likeness (QED) is 0.889. The number of aliphatic hydroxyl groups excluding tert-OH is 1. The highest BCUT2D eigenvalue weighted by atomic mass is 19.1. The zero-order valence-electron chi connectivity index (χ0n) is 11.2. The Morgan fingerprint density at radius 2 is 1.85 bits per heavy atom. The Morgan fingerprint density at radius 1 is 1.10 bits per heavy atom. The molecule has 1 fully saturated rings. The van der Waals surface area contributed by atoms with E-state index in [9.17, 15) is 4.39 Å². The van der Waals surface area contributed by atoms with Crippen molar-refractivity contribution in [1.29, 1.82) is 0 Å². The summed E-state index contributed by atoms with van der Waals surface area (Å²) in [5, 5.41) is 12.5. The van der Waals surface area contributed by atoms with Crippen molar-refractivity contribution < 1.29 is 9.50 Å². The predicted octanol–water partition coefficient (Wildman–Crippen LogP) is 3.68. The monoisotopic (exact) mass is 271 g/mol. The zero-order chi connectivity index (χ0) is 13.9. The maximum Gasteiger partial charge on any atom is 0.123 e. The molecule has 3 rings (SSSR count). The van der Waals surface area contributed by atoms with Crippen LogP contribution in [0.2, 0.25) is 0 Å². The van der Waals surface area contributed by atoms with Crippen LogP contribution in [-0.4, -0.2) is 11.1 Å². The zero-order valence-corrected chi connectivity index (χ0v) is 11.2. The van der Waals surface area contributed by atoms with Crippen molar-refractivity contribution in [2.45, 2.75) is 31.4 Å². The average Bonchev–Trinajstić information content (AvgIpc) is 2.43. The SMILES string of the molecule is OCc1ccc(NC2CC(c3cccc(F)c3)C2)cc1. The summed E-state index contributed by atoms with van der Waals surface area (Å²) in [5.41, 5.74) is 3.09. The van der Waals surface area contributed by atoms with Crippen LogP contribution in [-0.2, 0) is 6.61 Å². The number of aliphatic hydroxyl groups is 1. The molecule has 104 valence electrons. The lowest BCUT2D eigenvalue weighted by atomic mass is 9.76. The molecule has 2 N–H and O–H groups in total. The third-order valence-electron chi connectivity index (χ3n) is 3.97. The normalized spacial score (nSPS) is 21.3. The molecule has 3 heteroatoms. The van der Waals surface area contributed by atoms with Crippen LogP contribution in [0.15, 0.2) is 48.5 Å². The first-order valence-electron chi connectivity index (χ1n) is 6.96. The van der Waals surface area contributed by atoms with Crippen LogP contribution >= 0.6 is 0 Å². The van der Waals surface area contributed by atoms with Gasteiger partial charge in [-0.3, -0.25) is 0 Å². The minimum absolute atomic E-state index is 0.0748. The molecule has 1 saturated carbocycles. The molecule has 1 aliphatic carbocycles. The minimum Gasteiger partial charge on any atom is -0.392 e. The summed E-state index contributed by atoms with van der Waals surface area (Å²) >= 11 is 0. The van der Waals surface area contributed by atoms with Gasteiger partial charge in [-0.25, -0.2) is 4.39 Å². The van der Waals surface area contributed by atoms with E-state index < -0.39 is 0 Å². The maximum absolute atomic E-state index is 13.2. The number of benzene rings is 2. The number of rotatable bonds is 4. The van der Waals surface area contributed by atoms with Gasteiger partial charge >= 0.3 is 0 Å². The molecule has 20 heavy (non-hydrogen) atoms. The molecule has 0 radical (unpaired) electrons. The van der Waals surface area contributed by atoms with Crippen molar-refractivity contribution in [3.8, 4) is 0 Å². The van der Waals surface area contributed by atoms with Gasteiger partial charge in [0.1, 0.15) is 5.82 Å². The third-order valence-corrected chi connectivity index (χ3v) is 3.97. The van der Waals surface area contributed by atoms with Crippen LogP contribution in [0.1, 0.15) is 29.9 Å². The number of hydrogen-bond acceptors (Lipinski definition) is 2. The first-order chi connectivity index (χ1) is 9.74. The van der Waals surface area contributed by atoms with Gasteiger partial charge in [0.2, 0.25) is 0 Å². The van der Waals surface area contributed by atoms with Gasteiger partial charge in [-0.15, -0.1) is 0 Å². The summed E-state index contributed by atoms with van der Waals surface area (Å²) in [6.07, 6.45) is 2.07. The van der Waals surface area contributed by atoms with Gasteiger partial charge in [0.25, 0.3) is 0 Å². The van der Waals surface area contributed by atoms with E-state index in [1.165, 1.54) is 6.07 Å². The highest BCUT2D eigenvalue weighted by Gasteiger charge is 2.30. The summed E-state index contributed by atoms with van der Waals surface area (Å²) in [4.78, 5) is 0. The van der Waals surface area contributed by atoms with E-state index in [0.29, 0.717) is 12.0 Å². The Labute approximate surface area is 118 Å². The fraction of sp³-hybridized carbons (Fsp3) is 0.294. The molecular formula is C17H18FNO. The van der Waals surface area contributed by atoms with Gasteiger partial charge in [-0.1, -0.05) is 24.3 Å². The molecule has 2 aromatic rings. The maximum atomic E-state index is 13.2. The lowest BCUT2D eigenvalue weighted by molar-refractivity contribution is 0.282. The predicted molar refractivity (Wildman–Crippen MR) is 78.2 cm³/mol. The fourth-order valence-electron chi connectivity index (χ4n) is 2.71. The molecule has 0 atom stereocenters. The second-order valence-electron chi connectivity index (χ2n) is 5.42. The van der Waals surface area contributed by atoms with E-state index >= 15 is 0 Å². The number of anilines is 1. The van der Waals surface area contributed by atoms with Crippen LogP contribution in [0.25, 0.3) is 0 Å². The molecule has 2 aromatic carbocycles. The molecule has 0 spiro atoms. The Kier molecular flexibility index (Phi) is 3.70. The van der Waals surface area contributed by atoms with Gasteiger partial charge in [-0.2, -0.15) is 0 Å². The molecule has 1 aliphatic rings. The first-order valence-corrected chi connectivity index (χ1v) is 6.96. The van der Waals surface area contributed by atoms with E-state index in [-0.39, 0.29) is 12.4 Å². The lowest BCUT2D eigenvalue weighted by Crippen LogP contribution is -2.34. The summed E-state index contributed by atoms with van der Waals surface area (Å²) in [5.74, 6) is 0.304. The van der Waals surface area contributed by atoms with Crippen molar-refractivity contribution in [3.63, 3.8) is 0 Å². The highest BCUT2D eigenvalue weighted by Crippen LogP contribution is 2.38. The fourth-order valence-corrected chi connectivity index (χ4v) is 2.71. The molecule has 0 unspecified atom stereocenters. The van der Waals surface area contributed by atoms with Gasteiger partial charge < -0.3 is 10.4 Å². The second kappa shape index (κ2) is 5.63. The van der Waals surface area contributed by atoms with Gasteiger partial charge in [0.05, 0.1) is 6.61 Å². The van der Waals surface area contributed by atoms with Crippen molar-refractivity contribution in [3.05, 3.63) is 65.5 Å². The number of hydrogen-bond donors (Lipinski definition) is 2. The summed E-state index contributed by atoms with van der Waals surface area (Å²) in [6.45, 7) is 0.0748. The van der Waals surface area contributed by atoms with Gasteiger partial charge in [0, 0.05) is 11.7 Å². The van der Waals surface area contributed by atoms with Crippen molar-refractivity contribution in [2.24, 2.45) is 0 Å². The lowest BCUT2D eigenvalue weighted by Gasteiger charge is -2.37. The van der Waals surface area contributed by atoms with E-state index in [2.05, 4.69) is 5.32 Å². The minimum atomic E-state index is -0.154. The second-order valence-corrected chi connectivity index (χ2v) is 5.42. The van der Waals surface area contributed by atoms with E-state index in [0.717, 1.165) is 29.7 Å². The van der Waals surface area contributed by atoms with E-state index in [1.807, 2.05) is 30.3 Å². The smallest absolute Gasteiger partial charge is 0.123 e. The molecular weight excluding hydrogens is 253 g/mol. The molecule has 0 bridgehead atoms. The van der Waals surface area contributed by atoms with Crippen molar-refractivity contribution >= 4 is 5.69 Å². The summed E-state index contributed by atoms with van der Waals surface area (Å²) < 4.78 is 13.2. The van der Waals surface area contributed by atoms with Crippen LogP contribution in [0.5, 0.6) is 0 Å². The van der Waals surface area contributed by atoms with Gasteiger partial charge in [-0.05, 0) is 54.2 Å². The van der Waals surface area contributed by atoms with Crippen molar-refractivity contribution in [2.75, 3.05) is 5.32 Å². The molecule has 0 saturated heterocycles. The Hall–Kier alpha value is -1.87. The topological polar surface area (TPSA) is 32.3 Å². The average molecular weight is 271 g/mol. The number of halogens is 1. The summed E-state index contributed by atoms with van der Waals surface area (Å²) in [6, 6.07) is 15.2.